The molecular weight excluding hydrogens is 262 g/mol. The van der Waals surface area contributed by atoms with Gasteiger partial charge in [0.05, 0.1) is 12.2 Å². The standard InChI is InChI=1S/C13H15N3O4/c1-2-8-4-3-5-14-10(8)7-15-12(17)11-6-9(13(18)19)16-20-11/h3-5,11H,2,6-7H2,1H3,(H,15,17)(H,18,19). The number of rotatable bonds is 5. The number of hydrogen-bond acceptors (Lipinski definition) is 5. The number of aromatic nitrogens is 1. The van der Waals surface area contributed by atoms with Gasteiger partial charge in [-0.3, -0.25) is 9.78 Å². The maximum absolute atomic E-state index is 11.9. The van der Waals surface area contributed by atoms with Crippen molar-refractivity contribution in [1.29, 1.82) is 0 Å². The molecule has 1 aromatic heterocycles. The van der Waals surface area contributed by atoms with Crippen LogP contribution in [0, 0.1) is 0 Å². The first kappa shape index (κ1) is 14.0. The van der Waals surface area contributed by atoms with Crippen molar-refractivity contribution in [2.24, 2.45) is 5.16 Å². The zero-order chi connectivity index (χ0) is 14.5. The predicted molar refractivity (Wildman–Crippen MR) is 70.0 cm³/mol. The average molecular weight is 277 g/mol. The van der Waals surface area contributed by atoms with Gasteiger partial charge in [0.1, 0.15) is 0 Å². The van der Waals surface area contributed by atoms with Crippen LogP contribution in [0.3, 0.4) is 0 Å². The molecule has 0 spiro atoms. The second-order valence-electron chi connectivity index (χ2n) is 4.32. The molecule has 1 aliphatic rings. The highest BCUT2D eigenvalue weighted by atomic mass is 16.6. The lowest BCUT2D eigenvalue weighted by atomic mass is 10.1. The number of carboxylic acids is 1. The van der Waals surface area contributed by atoms with Crippen molar-refractivity contribution in [3.05, 3.63) is 29.6 Å². The molecule has 7 heteroatoms. The minimum Gasteiger partial charge on any atom is -0.477 e. The molecule has 1 unspecified atom stereocenters. The van der Waals surface area contributed by atoms with Crippen LogP contribution in [0.4, 0.5) is 0 Å². The molecule has 0 aliphatic carbocycles. The SMILES string of the molecule is CCc1cccnc1CNC(=O)C1CC(C(=O)O)=NO1. The topological polar surface area (TPSA) is 101 Å². The Bertz CT molecular complexity index is 556. The van der Waals surface area contributed by atoms with Crippen LogP contribution >= 0.6 is 0 Å². The van der Waals surface area contributed by atoms with E-state index < -0.39 is 18.0 Å². The molecule has 7 nitrogen and oxygen atoms in total. The van der Waals surface area contributed by atoms with E-state index in [1.807, 2.05) is 19.1 Å². The fraction of sp³-hybridized carbons (Fsp3) is 0.385. The highest BCUT2D eigenvalue weighted by Crippen LogP contribution is 2.11. The number of oxime groups is 1. The Labute approximate surface area is 115 Å². The number of carboxylic acid groups (broad SMARTS) is 1. The largest absolute Gasteiger partial charge is 0.477 e. The Morgan fingerprint density at radius 3 is 3.00 bits per heavy atom. The van der Waals surface area contributed by atoms with Gasteiger partial charge in [0, 0.05) is 12.6 Å². The maximum atomic E-state index is 11.9. The molecule has 1 aliphatic heterocycles. The van der Waals surface area contributed by atoms with Crippen LogP contribution in [0.25, 0.3) is 0 Å². The van der Waals surface area contributed by atoms with Crippen LogP contribution in [0.1, 0.15) is 24.6 Å². The number of aryl methyl sites for hydroxylation is 1. The first-order valence-electron chi connectivity index (χ1n) is 6.28. The van der Waals surface area contributed by atoms with E-state index >= 15 is 0 Å². The van der Waals surface area contributed by atoms with Gasteiger partial charge in [-0.25, -0.2) is 4.79 Å². The number of carbonyl (C=O) groups is 2. The van der Waals surface area contributed by atoms with E-state index in [4.69, 9.17) is 9.94 Å². The van der Waals surface area contributed by atoms with E-state index in [0.717, 1.165) is 17.7 Å². The summed E-state index contributed by atoms with van der Waals surface area (Å²) in [5, 5.41) is 14.8. The summed E-state index contributed by atoms with van der Waals surface area (Å²) in [5.41, 5.74) is 1.71. The highest BCUT2D eigenvalue weighted by Gasteiger charge is 2.31. The van der Waals surface area contributed by atoms with Gasteiger partial charge in [-0.15, -0.1) is 0 Å². The number of nitrogens with one attached hydrogen (secondary N) is 1. The van der Waals surface area contributed by atoms with Crippen LogP contribution in [0.5, 0.6) is 0 Å². The molecule has 106 valence electrons. The summed E-state index contributed by atoms with van der Waals surface area (Å²) < 4.78 is 0. The van der Waals surface area contributed by atoms with Crippen molar-refractivity contribution in [1.82, 2.24) is 10.3 Å². The molecule has 0 saturated heterocycles. The van der Waals surface area contributed by atoms with Crippen molar-refractivity contribution in [3.8, 4) is 0 Å². The third-order valence-electron chi connectivity index (χ3n) is 3.00. The quantitative estimate of drug-likeness (QED) is 0.815. The van der Waals surface area contributed by atoms with E-state index in [-0.39, 0.29) is 18.7 Å². The Morgan fingerprint density at radius 2 is 2.35 bits per heavy atom. The fourth-order valence-corrected chi connectivity index (χ4v) is 1.88. The Kier molecular flexibility index (Phi) is 4.29. The first-order valence-corrected chi connectivity index (χ1v) is 6.28. The summed E-state index contributed by atoms with van der Waals surface area (Å²) in [7, 11) is 0. The van der Waals surface area contributed by atoms with Crippen LogP contribution < -0.4 is 5.32 Å². The third-order valence-corrected chi connectivity index (χ3v) is 3.00. The molecule has 0 radical (unpaired) electrons. The molecule has 2 rings (SSSR count). The Balaban J connectivity index is 1.89. The summed E-state index contributed by atoms with van der Waals surface area (Å²) in [6.07, 6.45) is 1.59. The van der Waals surface area contributed by atoms with E-state index in [9.17, 15) is 9.59 Å². The van der Waals surface area contributed by atoms with Gasteiger partial charge in [-0.2, -0.15) is 0 Å². The molecule has 0 fully saturated rings. The summed E-state index contributed by atoms with van der Waals surface area (Å²) in [5.74, 6) is -1.56. The molecule has 2 heterocycles. The minimum absolute atomic E-state index is 0.0238. The number of aliphatic carboxylic acids is 1. The lowest BCUT2D eigenvalue weighted by Gasteiger charge is -2.10. The molecule has 2 N–H and O–H groups in total. The number of carbonyl (C=O) groups excluding carboxylic acids is 1. The number of nitrogens with zero attached hydrogens (tertiary/aromatic N) is 2. The molecular formula is C13H15N3O4. The van der Waals surface area contributed by atoms with Crippen LogP contribution in [-0.4, -0.2) is 33.8 Å². The zero-order valence-electron chi connectivity index (χ0n) is 11.0. The monoisotopic (exact) mass is 277 g/mol. The molecule has 0 saturated carbocycles. The molecule has 20 heavy (non-hydrogen) atoms. The molecule has 1 atom stereocenters. The van der Waals surface area contributed by atoms with Crippen LogP contribution in [-0.2, 0) is 27.4 Å². The molecule has 0 aromatic carbocycles. The fourth-order valence-electron chi connectivity index (χ4n) is 1.88. The van der Waals surface area contributed by atoms with Crippen LogP contribution in [0.15, 0.2) is 23.5 Å². The summed E-state index contributed by atoms with van der Waals surface area (Å²) in [6, 6.07) is 3.80. The van der Waals surface area contributed by atoms with E-state index in [1.165, 1.54) is 0 Å². The van der Waals surface area contributed by atoms with E-state index in [0.29, 0.717) is 0 Å². The average Bonchev–Trinajstić information content (AvgIpc) is 2.95. The van der Waals surface area contributed by atoms with Crippen molar-refractivity contribution in [3.63, 3.8) is 0 Å². The van der Waals surface area contributed by atoms with Crippen molar-refractivity contribution < 1.29 is 19.5 Å². The van der Waals surface area contributed by atoms with Crippen molar-refractivity contribution in [2.45, 2.75) is 32.4 Å². The van der Waals surface area contributed by atoms with E-state index in [1.54, 1.807) is 6.20 Å². The van der Waals surface area contributed by atoms with Gasteiger partial charge in [0.15, 0.2) is 5.71 Å². The summed E-state index contributed by atoms with van der Waals surface area (Å²) in [6.45, 7) is 2.29. The predicted octanol–water partition coefficient (Wildman–Crippen LogP) is 0.490. The number of pyridine rings is 1. The van der Waals surface area contributed by atoms with E-state index in [2.05, 4.69) is 15.5 Å². The van der Waals surface area contributed by atoms with Gasteiger partial charge in [-0.1, -0.05) is 18.1 Å². The maximum Gasteiger partial charge on any atom is 0.353 e. The number of amides is 1. The summed E-state index contributed by atoms with van der Waals surface area (Å²) >= 11 is 0. The Hall–Kier alpha value is -2.44. The third kappa shape index (κ3) is 3.11. The molecule has 1 amide bonds. The molecule has 1 aromatic rings. The van der Waals surface area contributed by atoms with Crippen LogP contribution in [0.2, 0.25) is 0 Å². The van der Waals surface area contributed by atoms with Crippen molar-refractivity contribution >= 4 is 17.6 Å². The first-order chi connectivity index (χ1) is 9.61. The van der Waals surface area contributed by atoms with Crippen molar-refractivity contribution in [2.75, 3.05) is 0 Å². The second-order valence-corrected chi connectivity index (χ2v) is 4.32. The van der Waals surface area contributed by atoms with Gasteiger partial charge in [0.25, 0.3) is 5.91 Å². The normalized spacial score (nSPS) is 17.2. The van der Waals surface area contributed by atoms with Gasteiger partial charge in [0.2, 0.25) is 6.10 Å². The highest BCUT2D eigenvalue weighted by molar-refractivity contribution is 6.36. The van der Waals surface area contributed by atoms with Gasteiger partial charge >= 0.3 is 5.97 Å². The molecule has 0 bridgehead atoms. The second kappa shape index (κ2) is 6.14. The van der Waals surface area contributed by atoms with Gasteiger partial charge < -0.3 is 15.3 Å². The zero-order valence-corrected chi connectivity index (χ0v) is 11.0. The number of hydrogen-bond donors (Lipinski definition) is 2. The lowest BCUT2D eigenvalue weighted by Crippen LogP contribution is -2.35. The smallest absolute Gasteiger partial charge is 0.353 e. The minimum atomic E-state index is -1.17. The summed E-state index contributed by atoms with van der Waals surface area (Å²) in [4.78, 5) is 31.6. The lowest BCUT2D eigenvalue weighted by molar-refractivity contribution is -0.131. The van der Waals surface area contributed by atoms with Gasteiger partial charge in [-0.05, 0) is 18.1 Å². The Morgan fingerprint density at radius 1 is 1.55 bits per heavy atom.